The zero-order valence-electron chi connectivity index (χ0n) is 9.92. The van der Waals surface area contributed by atoms with Gasteiger partial charge in [0.1, 0.15) is 4.90 Å². The Hall–Kier alpha value is -1.11. The van der Waals surface area contributed by atoms with Crippen LogP contribution in [0.25, 0.3) is 0 Å². The Morgan fingerprint density at radius 3 is 2.63 bits per heavy atom. The second kappa shape index (κ2) is 5.48. The molecule has 0 N–H and O–H groups in total. The molecule has 0 aliphatic carbocycles. The van der Waals surface area contributed by atoms with Crippen LogP contribution in [-0.4, -0.2) is 20.4 Å². The highest BCUT2D eigenvalue weighted by Crippen LogP contribution is 2.29. The van der Waals surface area contributed by atoms with Crippen molar-refractivity contribution in [3.63, 3.8) is 0 Å². The van der Waals surface area contributed by atoms with Gasteiger partial charge in [-0.3, -0.25) is 9.29 Å². The van der Waals surface area contributed by atoms with Crippen molar-refractivity contribution in [2.45, 2.75) is 4.90 Å². The van der Waals surface area contributed by atoms with Crippen LogP contribution >= 0.6 is 27.5 Å². The fraction of sp³-hybridized carbons (Fsp3) is 0.0833. The van der Waals surface area contributed by atoms with Gasteiger partial charge in [-0.25, -0.2) is 8.42 Å². The first-order valence-corrected chi connectivity index (χ1v) is 7.88. The predicted octanol–water partition coefficient (Wildman–Crippen LogP) is 3.32. The van der Waals surface area contributed by atoms with Crippen molar-refractivity contribution in [2.75, 3.05) is 11.4 Å². The van der Waals surface area contributed by atoms with E-state index in [2.05, 4.69) is 20.9 Å². The number of nitrogens with zero attached hydrogens (tertiary/aromatic N) is 2. The molecule has 0 saturated heterocycles. The number of halogens is 2. The molecular weight excluding hydrogens is 352 g/mol. The Bertz CT molecular complexity index is 692. The van der Waals surface area contributed by atoms with Gasteiger partial charge in [0.2, 0.25) is 0 Å². The number of rotatable bonds is 3. The minimum absolute atomic E-state index is 0.0590. The lowest BCUT2D eigenvalue weighted by atomic mass is 10.4. The van der Waals surface area contributed by atoms with Crippen LogP contribution in [0.1, 0.15) is 0 Å². The number of hydrogen-bond acceptors (Lipinski definition) is 3. The van der Waals surface area contributed by atoms with Crippen LogP contribution in [0, 0.1) is 0 Å². The summed E-state index contributed by atoms with van der Waals surface area (Å²) >= 11 is 9.24. The Morgan fingerprint density at radius 2 is 2.05 bits per heavy atom. The molecule has 0 aliphatic rings. The molecule has 19 heavy (non-hydrogen) atoms. The van der Waals surface area contributed by atoms with Crippen molar-refractivity contribution in [3.05, 3.63) is 52.2 Å². The summed E-state index contributed by atoms with van der Waals surface area (Å²) in [6.45, 7) is 0. The van der Waals surface area contributed by atoms with E-state index in [0.29, 0.717) is 5.69 Å². The molecule has 0 saturated carbocycles. The molecule has 100 valence electrons. The highest BCUT2D eigenvalue weighted by molar-refractivity contribution is 9.10. The molecule has 0 bridgehead atoms. The largest absolute Gasteiger partial charge is 0.268 e. The van der Waals surface area contributed by atoms with Crippen molar-refractivity contribution in [2.24, 2.45) is 0 Å². The first-order valence-electron chi connectivity index (χ1n) is 5.27. The van der Waals surface area contributed by atoms with Crippen molar-refractivity contribution in [3.8, 4) is 0 Å². The molecule has 4 nitrogen and oxygen atoms in total. The number of sulfonamides is 1. The van der Waals surface area contributed by atoms with Crippen molar-refractivity contribution in [1.82, 2.24) is 4.98 Å². The molecule has 1 heterocycles. The maximum absolute atomic E-state index is 12.5. The maximum Gasteiger partial charge on any atom is 0.265 e. The van der Waals surface area contributed by atoms with Crippen molar-refractivity contribution in [1.29, 1.82) is 0 Å². The second-order valence-electron chi connectivity index (χ2n) is 3.76. The summed E-state index contributed by atoms with van der Waals surface area (Å²) in [6.07, 6.45) is 3.06. The van der Waals surface area contributed by atoms with Crippen molar-refractivity contribution < 1.29 is 8.42 Å². The summed E-state index contributed by atoms with van der Waals surface area (Å²) in [4.78, 5) is 3.96. The van der Waals surface area contributed by atoms with Gasteiger partial charge >= 0.3 is 0 Å². The quantitative estimate of drug-likeness (QED) is 0.842. The van der Waals surface area contributed by atoms with Gasteiger partial charge in [0, 0.05) is 17.7 Å². The van der Waals surface area contributed by atoms with Gasteiger partial charge in [-0.05, 0) is 30.3 Å². The molecule has 0 aliphatic heterocycles. The first kappa shape index (κ1) is 14.3. The van der Waals surface area contributed by atoms with Crippen LogP contribution in [0.3, 0.4) is 0 Å². The molecule has 2 aromatic rings. The number of anilines is 1. The van der Waals surface area contributed by atoms with E-state index < -0.39 is 10.0 Å². The fourth-order valence-electron chi connectivity index (χ4n) is 1.51. The van der Waals surface area contributed by atoms with Crippen LogP contribution in [0.2, 0.25) is 5.02 Å². The Balaban J connectivity index is 2.48. The highest BCUT2D eigenvalue weighted by Gasteiger charge is 2.24. The second-order valence-corrected chi connectivity index (χ2v) is 7.02. The minimum atomic E-state index is -3.70. The number of hydrogen-bond donors (Lipinski definition) is 0. The molecular formula is C12H10BrClN2O2S. The third-order valence-corrected chi connectivity index (χ3v) is 5.30. The summed E-state index contributed by atoms with van der Waals surface area (Å²) in [5.41, 5.74) is 0.474. The molecule has 1 aromatic carbocycles. The topological polar surface area (TPSA) is 50.3 Å². The molecule has 1 aromatic heterocycles. The van der Waals surface area contributed by atoms with E-state index in [0.717, 1.165) is 8.78 Å². The molecule has 7 heteroatoms. The summed E-state index contributed by atoms with van der Waals surface area (Å²) in [6, 6.07) is 7.98. The lowest BCUT2D eigenvalue weighted by Crippen LogP contribution is -2.26. The monoisotopic (exact) mass is 360 g/mol. The van der Waals surface area contributed by atoms with E-state index in [1.807, 2.05) is 0 Å². The maximum atomic E-state index is 12.5. The Kier molecular flexibility index (Phi) is 4.13. The van der Waals surface area contributed by atoms with E-state index in [1.165, 1.54) is 19.3 Å². The lowest BCUT2D eigenvalue weighted by molar-refractivity contribution is 0.594. The average Bonchev–Trinajstić information content (AvgIpc) is 2.38. The van der Waals surface area contributed by atoms with Gasteiger partial charge in [-0.2, -0.15) is 0 Å². The molecule has 0 radical (unpaired) electrons. The molecule has 0 amide bonds. The van der Waals surface area contributed by atoms with E-state index in [-0.39, 0.29) is 9.92 Å². The van der Waals surface area contributed by atoms with Crippen LogP contribution in [0.15, 0.2) is 52.1 Å². The SMILES string of the molecule is CN(c1cccnc1)S(=O)(=O)c1ccc(Br)cc1Cl. The van der Waals surface area contributed by atoms with E-state index >= 15 is 0 Å². The summed E-state index contributed by atoms with van der Waals surface area (Å²) < 4.78 is 26.8. The van der Waals surface area contributed by atoms with E-state index in [9.17, 15) is 8.42 Å². The lowest BCUT2D eigenvalue weighted by Gasteiger charge is -2.19. The number of aromatic nitrogens is 1. The van der Waals surface area contributed by atoms with Gasteiger partial charge in [-0.1, -0.05) is 27.5 Å². The third-order valence-electron chi connectivity index (χ3n) is 2.54. The predicted molar refractivity (Wildman–Crippen MR) is 79.0 cm³/mol. The Labute approximate surface area is 125 Å². The summed E-state index contributed by atoms with van der Waals surface area (Å²) in [5.74, 6) is 0. The first-order chi connectivity index (χ1) is 8.93. The summed E-state index contributed by atoms with van der Waals surface area (Å²) in [5, 5.41) is 0.171. The van der Waals surface area contributed by atoms with E-state index in [4.69, 9.17) is 11.6 Å². The third kappa shape index (κ3) is 2.91. The molecule has 2 rings (SSSR count). The standard InChI is InChI=1S/C12H10BrClN2O2S/c1-16(10-3-2-6-15-8-10)19(17,18)12-5-4-9(13)7-11(12)14/h2-8H,1H3. The van der Waals surface area contributed by atoms with Crippen molar-refractivity contribution >= 4 is 43.2 Å². The number of pyridine rings is 1. The van der Waals surface area contributed by atoms with Gasteiger partial charge < -0.3 is 0 Å². The smallest absolute Gasteiger partial charge is 0.265 e. The fourth-order valence-corrected chi connectivity index (χ4v) is 3.70. The Morgan fingerprint density at radius 1 is 1.32 bits per heavy atom. The van der Waals surface area contributed by atoms with Gasteiger partial charge in [0.05, 0.1) is 16.9 Å². The van der Waals surface area contributed by atoms with Gasteiger partial charge in [0.25, 0.3) is 10.0 Å². The van der Waals surface area contributed by atoms with E-state index in [1.54, 1.807) is 30.5 Å². The molecule has 0 atom stereocenters. The van der Waals surface area contributed by atoms with Crippen LogP contribution in [0.5, 0.6) is 0 Å². The minimum Gasteiger partial charge on any atom is -0.268 e. The highest BCUT2D eigenvalue weighted by atomic mass is 79.9. The average molecular weight is 362 g/mol. The molecule has 0 fully saturated rings. The zero-order valence-corrected chi connectivity index (χ0v) is 13.1. The van der Waals surface area contributed by atoms with Crippen LogP contribution < -0.4 is 4.31 Å². The van der Waals surface area contributed by atoms with Gasteiger partial charge in [0.15, 0.2) is 0 Å². The molecule has 0 spiro atoms. The molecule has 0 unspecified atom stereocenters. The van der Waals surface area contributed by atoms with Crippen LogP contribution in [-0.2, 0) is 10.0 Å². The normalized spacial score (nSPS) is 11.3. The van der Waals surface area contributed by atoms with Crippen LogP contribution in [0.4, 0.5) is 5.69 Å². The zero-order chi connectivity index (χ0) is 14.0. The number of benzene rings is 1. The summed E-state index contributed by atoms with van der Waals surface area (Å²) in [7, 11) is -2.24. The van der Waals surface area contributed by atoms with Gasteiger partial charge in [-0.15, -0.1) is 0 Å².